The van der Waals surface area contributed by atoms with E-state index in [2.05, 4.69) is 35.0 Å². The van der Waals surface area contributed by atoms with Crippen LogP contribution < -0.4 is 5.32 Å². The van der Waals surface area contributed by atoms with Gasteiger partial charge in [0, 0.05) is 11.8 Å². The quantitative estimate of drug-likeness (QED) is 0.216. The number of carbonyl (C=O) groups is 1. The van der Waals surface area contributed by atoms with Gasteiger partial charge in [-0.05, 0) is 69.6 Å². The molecule has 164 valence electrons. The molecule has 6 nitrogen and oxygen atoms in total. The Morgan fingerprint density at radius 3 is 2.48 bits per heavy atom. The Hall–Kier alpha value is -3.67. The van der Waals surface area contributed by atoms with E-state index in [4.69, 9.17) is 9.15 Å². The highest BCUT2D eigenvalue weighted by molar-refractivity contribution is 5.97. The van der Waals surface area contributed by atoms with Gasteiger partial charge in [0.05, 0.1) is 12.3 Å². The Kier molecular flexibility index (Phi) is 10.5. The minimum absolute atomic E-state index is 0.0389. The summed E-state index contributed by atoms with van der Waals surface area (Å²) in [7, 11) is 0. The van der Waals surface area contributed by atoms with Crippen LogP contribution in [0.2, 0.25) is 0 Å². The average molecular weight is 422 g/mol. The predicted molar refractivity (Wildman–Crippen MR) is 127 cm³/mol. The Bertz CT molecular complexity index is 956. The number of hydrogen-bond acceptors (Lipinski definition) is 5. The molecule has 1 aromatic heterocycles. The van der Waals surface area contributed by atoms with Gasteiger partial charge in [0.2, 0.25) is 0 Å². The van der Waals surface area contributed by atoms with Crippen LogP contribution in [0.1, 0.15) is 40.4 Å². The lowest BCUT2D eigenvalue weighted by molar-refractivity contribution is -0.116. The van der Waals surface area contributed by atoms with Gasteiger partial charge in [-0.2, -0.15) is 0 Å². The summed E-state index contributed by atoms with van der Waals surface area (Å²) in [6, 6.07) is 0. The molecule has 1 amide bonds. The zero-order valence-corrected chi connectivity index (χ0v) is 18.9. The third-order valence-corrected chi connectivity index (χ3v) is 3.84. The van der Waals surface area contributed by atoms with E-state index >= 15 is 0 Å². The molecule has 0 fully saturated rings. The van der Waals surface area contributed by atoms with Gasteiger partial charge in [-0.3, -0.25) is 4.79 Å². The van der Waals surface area contributed by atoms with Gasteiger partial charge < -0.3 is 14.5 Å². The van der Waals surface area contributed by atoms with E-state index in [-0.39, 0.29) is 17.5 Å². The standard InChI is InChI=1S/C25H31N3O3/c1-9-23(31-18(4)5)13-11-20(7)25(29)28-21(8)27-14-22(17(2)3)12-10-19(6)24-15-26-16-30-24/h9-16,18H,2,7-8H2,1,3-6H3,(H,28,29)/b13-11-,19-10+,22-12-,23-9+,27-14?. The number of amides is 1. The van der Waals surface area contributed by atoms with E-state index < -0.39 is 5.91 Å². The highest BCUT2D eigenvalue weighted by atomic mass is 16.5. The van der Waals surface area contributed by atoms with Crippen molar-refractivity contribution in [1.29, 1.82) is 0 Å². The van der Waals surface area contributed by atoms with E-state index in [9.17, 15) is 4.79 Å². The van der Waals surface area contributed by atoms with Crippen molar-refractivity contribution in [1.82, 2.24) is 10.3 Å². The van der Waals surface area contributed by atoms with Crippen molar-refractivity contribution in [2.75, 3.05) is 0 Å². The summed E-state index contributed by atoms with van der Waals surface area (Å²) in [6.45, 7) is 21.0. The number of ether oxygens (including phenoxy) is 1. The van der Waals surface area contributed by atoms with Crippen molar-refractivity contribution in [3.05, 3.63) is 96.8 Å². The van der Waals surface area contributed by atoms with Gasteiger partial charge in [-0.15, -0.1) is 0 Å². The first-order chi connectivity index (χ1) is 14.6. The van der Waals surface area contributed by atoms with Gasteiger partial charge in [-0.1, -0.05) is 31.9 Å². The van der Waals surface area contributed by atoms with Gasteiger partial charge in [-0.25, -0.2) is 9.98 Å². The number of aromatic nitrogens is 1. The summed E-state index contributed by atoms with van der Waals surface area (Å²) in [4.78, 5) is 20.4. The van der Waals surface area contributed by atoms with Gasteiger partial charge >= 0.3 is 0 Å². The molecule has 0 aliphatic rings. The second-order valence-electron chi connectivity index (χ2n) is 6.99. The molecule has 1 N–H and O–H groups in total. The molecule has 31 heavy (non-hydrogen) atoms. The van der Waals surface area contributed by atoms with Crippen LogP contribution >= 0.6 is 0 Å². The van der Waals surface area contributed by atoms with Crippen LogP contribution in [-0.2, 0) is 9.53 Å². The minimum Gasteiger partial charge on any atom is -0.491 e. The maximum atomic E-state index is 12.3. The van der Waals surface area contributed by atoms with E-state index in [0.29, 0.717) is 11.5 Å². The molecule has 0 spiro atoms. The first-order valence-corrected chi connectivity index (χ1v) is 9.81. The third-order valence-electron chi connectivity index (χ3n) is 3.84. The van der Waals surface area contributed by atoms with Gasteiger partial charge in [0.15, 0.2) is 6.39 Å². The van der Waals surface area contributed by atoms with Crippen LogP contribution in [0.5, 0.6) is 0 Å². The van der Waals surface area contributed by atoms with Crippen LogP contribution in [0.15, 0.2) is 100 Å². The summed E-state index contributed by atoms with van der Waals surface area (Å²) in [5.41, 5.74) is 2.74. The Balaban J connectivity index is 2.76. The van der Waals surface area contributed by atoms with E-state index in [0.717, 1.165) is 16.7 Å². The highest BCUT2D eigenvalue weighted by Crippen LogP contribution is 2.14. The minimum atomic E-state index is -0.402. The number of nitrogens with zero attached hydrogens (tertiary/aromatic N) is 2. The number of carbonyl (C=O) groups excluding carboxylic acids is 1. The molecular weight excluding hydrogens is 390 g/mol. The van der Waals surface area contributed by atoms with E-state index in [1.165, 1.54) is 6.39 Å². The molecular formula is C25H31N3O3. The number of oxazole rings is 1. The van der Waals surface area contributed by atoms with Crippen molar-refractivity contribution in [3.63, 3.8) is 0 Å². The Morgan fingerprint density at radius 2 is 1.94 bits per heavy atom. The molecule has 1 heterocycles. The van der Waals surface area contributed by atoms with Crippen molar-refractivity contribution in [3.8, 4) is 0 Å². The maximum absolute atomic E-state index is 12.3. The van der Waals surface area contributed by atoms with Crippen LogP contribution in [0, 0.1) is 0 Å². The molecule has 6 heteroatoms. The fraction of sp³-hybridized carbons (Fsp3) is 0.240. The summed E-state index contributed by atoms with van der Waals surface area (Å²) < 4.78 is 10.9. The molecule has 1 rings (SSSR count). The van der Waals surface area contributed by atoms with E-state index in [1.807, 2.05) is 52.8 Å². The third kappa shape index (κ3) is 9.58. The summed E-state index contributed by atoms with van der Waals surface area (Å²) in [5, 5.41) is 2.61. The highest BCUT2D eigenvalue weighted by Gasteiger charge is 2.06. The topological polar surface area (TPSA) is 76.7 Å². The number of hydrogen-bond donors (Lipinski definition) is 1. The summed E-state index contributed by atoms with van der Waals surface area (Å²) >= 11 is 0. The molecule has 0 saturated heterocycles. The molecule has 0 aliphatic heterocycles. The molecule has 1 aromatic rings. The van der Waals surface area contributed by atoms with E-state index in [1.54, 1.807) is 24.6 Å². The average Bonchev–Trinajstić information content (AvgIpc) is 3.24. The fourth-order valence-corrected chi connectivity index (χ4v) is 2.13. The molecule has 0 unspecified atom stereocenters. The number of nitrogens with one attached hydrogen (secondary N) is 1. The first-order valence-electron chi connectivity index (χ1n) is 9.81. The monoisotopic (exact) mass is 421 g/mol. The second kappa shape index (κ2) is 12.8. The zero-order valence-electron chi connectivity index (χ0n) is 18.9. The fourth-order valence-electron chi connectivity index (χ4n) is 2.13. The van der Waals surface area contributed by atoms with Crippen molar-refractivity contribution in [2.45, 2.75) is 40.7 Å². The number of allylic oxidation sites excluding steroid dienone is 7. The lowest BCUT2D eigenvalue weighted by Crippen LogP contribution is -2.22. The smallest absolute Gasteiger partial charge is 0.256 e. The first kappa shape index (κ1) is 25.4. The lowest BCUT2D eigenvalue weighted by atomic mass is 10.1. The molecule has 0 radical (unpaired) electrons. The predicted octanol–water partition coefficient (Wildman–Crippen LogP) is 5.68. The number of rotatable bonds is 11. The molecule has 0 atom stereocenters. The summed E-state index contributed by atoms with van der Waals surface area (Å²) in [5.74, 6) is 1.12. The molecule has 0 saturated carbocycles. The Labute approximate surface area is 184 Å². The van der Waals surface area contributed by atoms with Crippen molar-refractivity contribution < 1.29 is 13.9 Å². The molecule has 0 bridgehead atoms. The van der Waals surface area contributed by atoms with Gasteiger partial charge in [0.1, 0.15) is 17.3 Å². The number of aliphatic imine (C=N–C) groups is 1. The SMILES string of the molecule is C=C(N=C/C(=C/C=C(\C)c1cnco1)C(=C)C)NC(=O)C(=C)/C=C\C(=C/C)OC(C)C. The van der Waals surface area contributed by atoms with Crippen molar-refractivity contribution >= 4 is 17.7 Å². The maximum Gasteiger partial charge on any atom is 0.256 e. The van der Waals surface area contributed by atoms with Gasteiger partial charge in [0.25, 0.3) is 5.91 Å². The molecule has 0 aromatic carbocycles. The van der Waals surface area contributed by atoms with Crippen LogP contribution in [0.25, 0.3) is 5.57 Å². The Morgan fingerprint density at radius 1 is 1.23 bits per heavy atom. The van der Waals surface area contributed by atoms with Crippen LogP contribution in [0.3, 0.4) is 0 Å². The lowest BCUT2D eigenvalue weighted by Gasteiger charge is -2.10. The zero-order chi connectivity index (χ0) is 23.4. The largest absolute Gasteiger partial charge is 0.491 e. The van der Waals surface area contributed by atoms with Crippen LogP contribution in [-0.4, -0.2) is 23.2 Å². The molecule has 0 aliphatic carbocycles. The van der Waals surface area contributed by atoms with Crippen molar-refractivity contribution in [2.24, 2.45) is 4.99 Å². The summed E-state index contributed by atoms with van der Waals surface area (Å²) in [6.07, 6.45) is 13.5. The second-order valence-corrected chi connectivity index (χ2v) is 6.99. The van der Waals surface area contributed by atoms with Crippen LogP contribution in [0.4, 0.5) is 0 Å². The normalized spacial score (nSPS) is 13.2.